The van der Waals surface area contributed by atoms with Gasteiger partial charge in [-0.25, -0.2) is 4.79 Å². The van der Waals surface area contributed by atoms with Gasteiger partial charge in [0, 0.05) is 12.5 Å². The van der Waals surface area contributed by atoms with Crippen LogP contribution in [-0.2, 0) is 6.42 Å². The number of carboxylic acids is 1. The van der Waals surface area contributed by atoms with Crippen LogP contribution in [0.3, 0.4) is 0 Å². The van der Waals surface area contributed by atoms with Crippen molar-refractivity contribution < 1.29 is 23.8 Å². The van der Waals surface area contributed by atoms with Gasteiger partial charge in [-0.3, -0.25) is 4.79 Å². The molecule has 0 aliphatic heterocycles. The van der Waals surface area contributed by atoms with E-state index in [2.05, 4.69) is 5.32 Å². The number of carboxylic acid groups (broad SMARTS) is 1. The van der Waals surface area contributed by atoms with Gasteiger partial charge in [0.2, 0.25) is 0 Å². The highest BCUT2D eigenvalue weighted by Crippen LogP contribution is 2.21. The summed E-state index contributed by atoms with van der Waals surface area (Å²) < 4.78 is 10.8. The molecule has 2 rings (SSSR count). The Bertz CT molecular complexity index is 735. The lowest BCUT2D eigenvalue weighted by molar-refractivity contribution is 0.0694. The number of furan rings is 1. The number of nitrogens with one attached hydrogen (secondary N) is 1. The molecule has 6 nitrogen and oxygen atoms in total. The standard InChI is InChI=1S/C18H21NO5/c1-4-15-14(18(21)22)10-16(24-15)17(20)19-11(3)12-7-6-8-13(9-12)23-5-2/h6-11H,4-5H2,1-3H3,(H,19,20)(H,21,22). The molecule has 128 valence electrons. The Kier molecular flexibility index (Phi) is 5.63. The third-order valence-electron chi connectivity index (χ3n) is 3.60. The van der Waals surface area contributed by atoms with E-state index in [-0.39, 0.29) is 17.4 Å². The van der Waals surface area contributed by atoms with Gasteiger partial charge in [0.15, 0.2) is 5.76 Å². The Balaban J connectivity index is 2.14. The maximum atomic E-state index is 12.3. The van der Waals surface area contributed by atoms with Crippen molar-refractivity contribution >= 4 is 11.9 Å². The fourth-order valence-corrected chi connectivity index (χ4v) is 2.38. The number of amides is 1. The summed E-state index contributed by atoms with van der Waals surface area (Å²) in [6.07, 6.45) is 0.404. The molecular weight excluding hydrogens is 310 g/mol. The topological polar surface area (TPSA) is 88.8 Å². The number of hydrogen-bond donors (Lipinski definition) is 2. The normalized spacial score (nSPS) is 11.8. The lowest BCUT2D eigenvalue weighted by Crippen LogP contribution is -2.26. The minimum Gasteiger partial charge on any atom is -0.494 e. The predicted molar refractivity (Wildman–Crippen MR) is 88.5 cm³/mol. The molecule has 6 heteroatoms. The minimum atomic E-state index is -1.10. The Hall–Kier alpha value is -2.76. The zero-order valence-electron chi connectivity index (χ0n) is 14.0. The van der Waals surface area contributed by atoms with Crippen LogP contribution < -0.4 is 10.1 Å². The fourth-order valence-electron chi connectivity index (χ4n) is 2.38. The summed E-state index contributed by atoms with van der Waals surface area (Å²) in [4.78, 5) is 23.5. The Morgan fingerprint density at radius 1 is 1.29 bits per heavy atom. The van der Waals surface area contributed by atoms with E-state index in [0.717, 1.165) is 11.3 Å². The second-order valence-electron chi connectivity index (χ2n) is 5.31. The van der Waals surface area contributed by atoms with Crippen LogP contribution in [0.25, 0.3) is 0 Å². The fraction of sp³-hybridized carbons (Fsp3) is 0.333. The van der Waals surface area contributed by atoms with E-state index in [1.54, 1.807) is 6.92 Å². The Morgan fingerprint density at radius 2 is 2.04 bits per heavy atom. The summed E-state index contributed by atoms with van der Waals surface area (Å²) in [5, 5.41) is 11.9. The zero-order valence-corrected chi connectivity index (χ0v) is 14.0. The molecule has 0 aliphatic rings. The molecule has 1 atom stereocenters. The molecule has 24 heavy (non-hydrogen) atoms. The van der Waals surface area contributed by atoms with Crippen molar-refractivity contribution in [2.75, 3.05) is 6.61 Å². The maximum absolute atomic E-state index is 12.3. The highest BCUT2D eigenvalue weighted by Gasteiger charge is 2.21. The summed E-state index contributed by atoms with van der Waals surface area (Å²) in [6, 6.07) is 8.43. The minimum absolute atomic E-state index is 0.00272. The van der Waals surface area contributed by atoms with Gasteiger partial charge in [0.25, 0.3) is 5.91 Å². The van der Waals surface area contributed by atoms with Crippen LogP contribution in [0, 0.1) is 0 Å². The van der Waals surface area contributed by atoms with E-state index in [9.17, 15) is 9.59 Å². The van der Waals surface area contributed by atoms with Gasteiger partial charge >= 0.3 is 5.97 Å². The molecule has 0 aliphatic carbocycles. The first kappa shape index (κ1) is 17.6. The number of ether oxygens (including phenoxy) is 1. The van der Waals surface area contributed by atoms with Crippen molar-refractivity contribution in [3.05, 3.63) is 53.0 Å². The van der Waals surface area contributed by atoms with E-state index in [4.69, 9.17) is 14.3 Å². The van der Waals surface area contributed by atoms with Gasteiger partial charge in [-0.2, -0.15) is 0 Å². The van der Waals surface area contributed by atoms with Crippen molar-refractivity contribution in [3.63, 3.8) is 0 Å². The lowest BCUT2D eigenvalue weighted by atomic mass is 10.1. The van der Waals surface area contributed by atoms with E-state index in [0.29, 0.717) is 18.8 Å². The second-order valence-corrected chi connectivity index (χ2v) is 5.31. The number of carbonyl (C=O) groups is 2. The third kappa shape index (κ3) is 3.95. The maximum Gasteiger partial charge on any atom is 0.339 e. The average molecular weight is 331 g/mol. The SMILES string of the molecule is CCOc1cccc(C(C)NC(=O)c2cc(C(=O)O)c(CC)o2)c1. The molecule has 1 heterocycles. The zero-order chi connectivity index (χ0) is 17.7. The van der Waals surface area contributed by atoms with Crippen molar-refractivity contribution in [1.29, 1.82) is 0 Å². The molecule has 0 saturated heterocycles. The van der Waals surface area contributed by atoms with E-state index in [1.165, 1.54) is 6.07 Å². The van der Waals surface area contributed by atoms with Crippen LogP contribution in [0.5, 0.6) is 5.75 Å². The quantitative estimate of drug-likeness (QED) is 0.811. The molecule has 2 N–H and O–H groups in total. The first-order chi connectivity index (χ1) is 11.5. The molecule has 0 fully saturated rings. The van der Waals surface area contributed by atoms with Crippen molar-refractivity contribution in [2.24, 2.45) is 0 Å². The number of carbonyl (C=O) groups excluding carboxylic acids is 1. The van der Waals surface area contributed by atoms with E-state index in [1.807, 2.05) is 38.1 Å². The van der Waals surface area contributed by atoms with Crippen LogP contribution in [0.1, 0.15) is 59.0 Å². The smallest absolute Gasteiger partial charge is 0.339 e. The lowest BCUT2D eigenvalue weighted by Gasteiger charge is -2.14. The molecule has 0 radical (unpaired) electrons. The van der Waals surface area contributed by atoms with Crippen LogP contribution in [0.15, 0.2) is 34.7 Å². The number of hydrogen-bond acceptors (Lipinski definition) is 4. The van der Waals surface area contributed by atoms with Gasteiger partial charge in [0.05, 0.1) is 12.6 Å². The van der Waals surface area contributed by atoms with Gasteiger partial charge in [0.1, 0.15) is 17.1 Å². The summed E-state index contributed by atoms with van der Waals surface area (Å²) in [5.74, 6) is -0.537. The Morgan fingerprint density at radius 3 is 2.62 bits per heavy atom. The van der Waals surface area contributed by atoms with Gasteiger partial charge in [-0.05, 0) is 31.5 Å². The molecule has 0 spiro atoms. The van der Waals surface area contributed by atoms with Gasteiger partial charge in [-0.1, -0.05) is 19.1 Å². The van der Waals surface area contributed by atoms with Gasteiger partial charge < -0.3 is 19.6 Å². The summed E-state index contributed by atoms with van der Waals surface area (Å²) >= 11 is 0. The van der Waals surface area contributed by atoms with Crippen LogP contribution in [0.4, 0.5) is 0 Å². The van der Waals surface area contributed by atoms with Crippen LogP contribution in [0.2, 0.25) is 0 Å². The van der Waals surface area contributed by atoms with Gasteiger partial charge in [-0.15, -0.1) is 0 Å². The summed E-state index contributed by atoms with van der Waals surface area (Å²) in [7, 11) is 0. The molecule has 2 aromatic rings. The van der Waals surface area contributed by atoms with Crippen LogP contribution in [-0.4, -0.2) is 23.6 Å². The molecule has 1 amide bonds. The van der Waals surface area contributed by atoms with Crippen molar-refractivity contribution in [3.8, 4) is 5.75 Å². The second kappa shape index (κ2) is 7.68. The molecule has 0 saturated carbocycles. The predicted octanol–water partition coefficient (Wildman–Crippen LogP) is 3.43. The number of benzene rings is 1. The number of rotatable bonds is 7. The van der Waals surface area contributed by atoms with Crippen molar-refractivity contribution in [2.45, 2.75) is 33.2 Å². The average Bonchev–Trinajstić information content (AvgIpc) is 3.00. The highest BCUT2D eigenvalue weighted by molar-refractivity contribution is 5.96. The molecule has 1 aromatic heterocycles. The first-order valence-electron chi connectivity index (χ1n) is 7.85. The van der Waals surface area contributed by atoms with Crippen molar-refractivity contribution in [1.82, 2.24) is 5.32 Å². The summed E-state index contributed by atoms with van der Waals surface area (Å²) in [6.45, 7) is 6.08. The highest BCUT2D eigenvalue weighted by atomic mass is 16.5. The molecular formula is C18H21NO5. The number of aromatic carboxylic acids is 1. The van der Waals surface area contributed by atoms with Crippen LogP contribution >= 0.6 is 0 Å². The monoisotopic (exact) mass is 331 g/mol. The van der Waals surface area contributed by atoms with E-state index < -0.39 is 11.9 Å². The molecule has 1 aromatic carbocycles. The first-order valence-corrected chi connectivity index (χ1v) is 7.85. The Labute approximate surface area is 140 Å². The molecule has 0 bridgehead atoms. The largest absolute Gasteiger partial charge is 0.494 e. The molecule has 1 unspecified atom stereocenters. The summed E-state index contributed by atoms with van der Waals surface area (Å²) in [5.41, 5.74) is 0.906. The number of aryl methyl sites for hydroxylation is 1. The third-order valence-corrected chi connectivity index (χ3v) is 3.60. The van der Waals surface area contributed by atoms with E-state index >= 15 is 0 Å².